The van der Waals surface area contributed by atoms with Gasteiger partial charge in [-0.3, -0.25) is 4.90 Å². The van der Waals surface area contributed by atoms with Gasteiger partial charge < -0.3 is 15.4 Å². The lowest BCUT2D eigenvalue weighted by Gasteiger charge is -2.52. The molecule has 0 aromatic carbocycles. The van der Waals surface area contributed by atoms with Crippen LogP contribution in [0.4, 0.5) is 0 Å². The minimum atomic E-state index is -0.194. The first-order valence-electron chi connectivity index (χ1n) is 7.49. The summed E-state index contributed by atoms with van der Waals surface area (Å²) >= 11 is 0. The van der Waals surface area contributed by atoms with Crippen molar-refractivity contribution in [2.24, 2.45) is 5.73 Å². The molecule has 2 N–H and O–H groups in total. The third-order valence-corrected chi connectivity index (χ3v) is 5.27. The third kappa shape index (κ3) is 2.44. The average molecular weight is 269 g/mol. The van der Waals surface area contributed by atoms with Crippen LogP contribution in [0.5, 0.6) is 0 Å². The number of nitrogens with two attached hydrogens (primary N) is 1. The van der Waals surface area contributed by atoms with Gasteiger partial charge >= 0.3 is 0 Å². The fraction of sp³-hybridized carbons (Fsp3) is 1.00. The third-order valence-electron chi connectivity index (χ3n) is 5.27. The molecule has 2 fully saturated rings. The number of hydrogen-bond acceptors (Lipinski definition) is 4. The minimum absolute atomic E-state index is 0.0357. The van der Waals surface area contributed by atoms with Crippen LogP contribution in [0.1, 0.15) is 41.0 Å². The molecule has 0 saturated carbocycles. The van der Waals surface area contributed by atoms with Crippen LogP contribution in [-0.2, 0) is 4.74 Å². The van der Waals surface area contributed by atoms with Crippen LogP contribution >= 0.6 is 0 Å². The van der Waals surface area contributed by atoms with Crippen molar-refractivity contribution in [1.29, 1.82) is 0 Å². The summed E-state index contributed by atoms with van der Waals surface area (Å²) in [7, 11) is 2.21. The summed E-state index contributed by atoms with van der Waals surface area (Å²) in [6.45, 7) is 15.0. The van der Waals surface area contributed by atoms with Crippen molar-refractivity contribution < 1.29 is 4.74 Å². The van der Waals surface area contributed by atoms with Crippen LogP contribution in [-0.4, -0.2) is 65.8 Å². The van der Waals surface area contributed by atoms with Crippen LogP contribution in [0.3, 0.4) is 0 Å². The summed E-state index contributed by atoms with van der Waals surface area (Å²) < 4.78 is 6.32. The Kier molecular flexibility index (Phi) is 3.76. The lowest BCUT2D eigenvalue weighted by atomic mass is 9.77. The Morgan fingerprint density at radius 2 is 1.84 bits per heavy atom. The summed E-state index contributed by atoms with van der Waals surface area (Å²) in [5, 5.41) is 0. The van der Waals surface area contributed by atoms with Gasteiger partial charge in [0.05, 0.1) is 16.7 Å². The Morgan fingerprint density at radius 3 is 2.26 bits per heavy atom. The molecule has 0 aromatic heterocycles. The van der Waals surface area contributed by atoms with Gasteiger partial charge in [-0.15, -0.1) is 0 Å². The predicted octanol–water partition coefficient (Wildman–Crippen LogP) is 1.30. The van der Waals surface area contributed by atoms with Crippen molar-refractivity contribution in [2.45, 2.75) is 63.8 Å². The van der Waals surface area contributed by atoms with E-state index in [0.29, 0.717) is 12.6 Å². The maximum atomic E-state index is 6.32. The highest BCUT2D eigenvalue weighted by Crippen LogP contribution is 2.48. The zero-order valence-electron chi connectivity index (χ0n) is 13.5. The molecular formula is C15H31N3O. The molecule has 0 spiro atoms. The van der Waals surface area contributed by atoms with E-state index < -0.39 is 0 Å². The molecule has 0 aliphatic carbocycles. The smallest absolute Gasteiger partial charge is 0.0830 e. The molecule has 2 heterocycles. The van der Waals surface area contributed by atoms with Gasteiger partial charge in [-0.2, -0.15) is 0 Å². The Bertz CT molecular complexity index is 342. The topological polar surface area (TPSA) is 41.7 Å². The molecule has 4 heteroatoms. The van der Waals surface area contributed by atoms with Crippen molar-refractivity contribution >= 4 is 0 Å². The molecule has 0 radical (unpaired) electrons. The van der Waals surface area contributed by atoms with Gasteiger partial charge in [0, 0.05) is 32.2 Å². The van der Waals surface area contributed by atoms with E-state index in [0.717, 1.165) is 26.1 Å². The number of nitrogens with zero attached hydrogens (tertiary/aromatic N) is 2. The molecule has 19 heavy (non-hydrogen) atoms. The maximum absolute atomic E-state index is 6.32. The fourth-order valence-electron chi connectivity index (χ4n) is 4.12. The summed E-state index contributed by atoms with van der Waals surface area (Å²) in [6.07, 6.45) is 1.01. The highest BCUT2D eigenvalue weighted by Gasteiger charge is 2.59. The second-order valence-electron chi connectivity index (χ2n) is 7.56. The molecule has 0 amide bonds. The van der Waals surface area contributed by atoms with Crippen molar-refractivity contribution in [3.05, 3.63) is 0 Å². The molecule has 2 unspecified atom stereocenters. The van der Waals surface area contributed by atoms with Crippen LogP contribution in [0, 0.1) is 0 Å². The summed E-state index contributed by atoms with van der Waals surface area (Å²) in [5.74, 6) is 0. The predicted molar refractivity (Wildman–Crippen MR) is 79.3 cm³/mol. The molecular weight excluding hydrogens is 238 g/mol. The van der Waals surface area contributed by atoms with E-state index in [1.54, 1.807) is 0 Å². The summed E-state index contributed by atoms with van der Waals surface area (Å²) in [6, 6.07) is 0.580. The zero-order valence-corrected chi connectivity index (χ0v) is 13.5. The first-order chi connectivity index (χ1) is 8.63. The van der Waals surface area contributed by atoms with Gasteiger partial charge in [0.2, 0.25) is 0 Å². The molecule has 0 aromatic rings. The zero-order chi connectivity index (χ0) is 14.5. The van der Waals surface area contributed by atoms with Gasteiger partial charge in [0.15, 0.2) is 0 Å². The number of rotatable bonds is 2. The highest BCUT2D eigenvalue weighted by atomic mass is 16.5. The Balaban J connectivity index is 2.28. The van der Waals surface area contributed by atoms with Crippen molar-refractivity contribution in [3.63, 3.8) is 0 Å². The molecule has 2 aliphatic rings. The quantitative estimate of drug-likeness (QED) is 0.820. The standard InChI is InChI=1S/C15H31N3O/c1-12-9-18(8-7-17(12)6)15(11-16)10-13(2,3)19-14(15,4)5/h12H,7-11,16H2,1-6H3. The van der Waals surface area contributed by atoms with Gasteiger partial charge in [0.1, 0.15) is 0 Å². The number of likely N-dealkylation sites (N-methyl/N-ethyl adjacent to an activating group) is 1. The minimum Gasteiger partial charge on any atom is -0.368 e. The van der Waals surface area contributed by atoms with E-state index >= 15 is 0 Å². The van der Waals surface area contributed by atoms with Gasteiger partial charge in [0.25, 0.3) is 0 Å². The first-order valence-corrected chi connectivity index (χ1v) is 7.49. The average Bonchev–Trinajstić information content (AvgIpc) is 2.47. The Hall–Kier alpha value is -0.160. The SMILES string of the molecule is CC1CN(C2(CN)CC(C)(C)OC2(C)C)CCN1C. The second-order valence-corrected chi connectivity index (χ2v) is 7.56. The van der Waals surface area contributed by atoms with Gasteiger partial charge in [-0.05, 0) is 48.1 Å². The van der Waals surface area contributed by atoms with Gasteiger partial charge in [-0.1, -0.05) is 0 Å². The maximum Gasteiger partial charge on any atom is 0.0830 e. The lowest BCUT2D eigenvalue weighted by molar-refractivity contribution is -0.112. The van der Waals surface area contributed by atoms with Crippen molar-refractivity contribution in [2.75, 3.05) is 33.2 Å². The van der Waals surface area contributed by atoms with E-state index in [9.17, 15) is 0 Å². The molecule has 112 valence electrons. The molecule has 2 saturated heterocycles. The molecule has 0 bridgehead atoms. The monoisotopic (exact) mass is 269 g/mol. The van der Waals surface area contributed by atoms with E-state index in [4.69, 9.17) is 10.5 Å². The van der Waals surface area contributed by atoms with E-state index in [1.165, 1.54) is 0 Å². The van der Waals surface area contributed by atoms with E-state index in [1.807, 2.05) is 0 Å². The molecule has 4 nitrogen and oxygen atoms in total. The summed E-state index contributed by atoms with van der Waals surface area (Å²) in [5.41, 5.74) is 5.92. The summed E-state index contributed by atoms with van der Waals surface area (Å²) in [4.78, 5) is 5.01. The van der Waals surface area contributed by atoms with Gasteiger partial charge in [-0.25, -0.2) is 0 Å². The number of piperazine rings is 1. The van der Waals surface area contributed by atoms with E-state index in [2.05, 4.69) is 51.5 Å². The Morgan fingerprint density at radius 1 is 1.21 bits per heavy atom. The molecule has 2 rings (SSSR count). The number of hydrogen-bond donors (Lipinski definition) is 1. The lowest BCUT2D eigenvalue weighted by Crippen LogP contribution is -2.68. The normalized spacial score (nSPS) is 39.6. The van der Waals surface area contributed by atoms with Crippen molar-refractivity contribution in [3.8, 4) is 0 Å². The second kappa shape index (κ2) is 4.69. The number of ether oxygens (including phenoxy) is 1. The molecule has 2 aliphatic heterocycles. The van der Waals surface area contributed by atoms with Crippen LogP contribution in [0.25, 0.3) is 0 Å². The van der Waals surface area contributed by atoms with Crippen molar-refractivity contribution in [1.82, 2.24) is 9.80 Å². The van der Waals surface area contributed by atoms with Crippen LogP contribution in [0.15, 0.2) is 0 Å². The van der Waals surface area contributed by atoms with Crippen LogP contribution < -0.4 is 5.73 Å². The fourth-order valence-corrected chi connectivity index (χ4v) is 4.12. The highest BCUT2D eigenvalue weighted by molar-refractivity contribution is 5.14. The largest absolute Gasteiger partial charge is 0.368 e. The van der Waals surface area contributed by atoms with Crippen LogP contribution in [0.2, 0.25) is 0 Å². The first kappa shape index (κ1) is 15.2. The van der Waals surface area contributed by atoms with E-state index in [-0.39, 0.29) is 16.7 Å². The molecule has 2 atom stereocenters. The Labute approximate surface area is 118 Å².